The Hall–Kier alpha value is -1.51. The van der Waals surface area contributed by atoms with Gasteiger partial charge in [0.05, 0.1) is 13.2 Å². The number of nitrogens with one attached hydrogen (secondary N) is 1. The van der Waals surface area contributed by atoms with Gasteiger partial charge < -0.3 is 10.1 Å². The second-order valence-electron chi connectivity index (χ2n) is 3.15. The van der Waals surface area contributed by atoms with Gasteiger partial charge in [0.1, 0.15) is 5.75 Å². The summed E-state index contributed by atoms with van der Waals surface area (Å²) < 4.78 is 5.04. The number of methoxy groups -OCH3 is 1. The molecule has 3 nitrogen and oxygen atoms in total. The van der Waals surface area contributed by atoms with Crippen molar-refractivity contribution >= 4 is 5.91 Å². The molecule has 0 spiro atoms. The molecule has 1 N–H and O–H groups in total. The van der Waals surface area contributed by atoms with Gasteiger partial charge in [-0.15, -0.1) is 0 Å². The largest absolute Gasteiger partial charge is 0.497 e. The average Bonchev–Trinajstić information content (AvgIpc) is 2.42. The minimum absolute atomic E-state index is 0.0126. The van der Waals surface area contributed by atoms with E-state index in [0.717, 1.165) is 16.9 Å². The Bertz CT molecular complexity index is 360. The first kappa shape index (κ1) is 8.10. The molecule has 1 aromatic carbocycles. The molecule has 0 unspecified atom stereocenters. The minimum Gasteiger partial charge on any atom is -0.497 e. The summed E-state index contributed by atoms with van der Waals surface area (Å²) in [6, 6.07) is 5.69. The van der Waals surface area contributed by atoms with E-state index in [4.69, 9.17) is 4.74 Å². The summed E-state index contributed by atoms with van der Waals surface area (Å²) in [5.41, 5.74) is 1.78. The summed E-state index contributed by atoms with van der Waals surface area (Å²) in [5.74, 6) is 0.712. The van der Waals surface area contributed by atoms with Crippen molar-refractivity contribution in [2.24, 2.45) is 0 Å². The molecule has 1 heterocycles. The van der Waals surface area contributed by atoms with E-state index in [1.54, 1.807) is 13.2 Å². The first-order valence-electron chi connectivity index (χ1n) is 4.21. The molecule has 1 amide bonds. The highest BCUT2D eigenvalue weighted by Gasteiger charge is 2.25. The van der Waals surface area contributed by atoms with Crippen LogP contribution in [0.25, 0.3) is 0 Å². The van der Waals surface area contributed by atoms with Gasteiger partial charge in [-0.1, -0.05) is 6.07 Å². The Morgan fingerprint density at radius 1 is 1.46 bits per heavy atom. The fourth-order valence-corrected chi connectivity index (χ4v) is 1.59. The third-order valence-corrected chi connectivity index (χ3v) is 2.32. The van der Waals surface area contributed by atoms with Crippen LogP contribution < -0.4 is 10.1 Å². The minimum atomic E-state index is -0.0126. The molecule has 0 bridgehead atoms. The van der Waals surface area contributed by atoms with E-state index >= 15 is 0 Å². The van der Waals surface area contributed by atoms with E-state index in [2.05, 4.69) is 5.32 Å². The molecular weight excluding hydrogens is 166 g/mol. The molecule has 1 atom stereocenters. The van der Waals surface area contributed by atoms with Crippen LogP contribution in [-0.4, -0.2) is 13.0 Å². The van der Waals surface area contributed by atoms with Gasteiger partial charge in [0.25, 0.3) is 5.91 Å². The van der Waals surface area contributed by atoms with Gasteiger partial charge in [-0.3, -0.25) is 4.79 Å². The first-order chi connectivity index (χ1) is 6.22. The number of carbonyl (C=O) groups is 1. The lowest BCUT2D eigenvalue weighted by molar-refractivity contribution is 0.0958. The van der Waals surface area contributed by atoms with Gasteiger partial charge in [-0.05, 0) is 24.6 Å². The number of rotatable bonds is 1. The zero-order valence-corrected chi connectivity index (χ0v) is 7.63. The molecule has 0 aliphatic carbocycles. The average molecular weight is 177 g/mol. The highest BCUT2D eigenvalue weighted by atomic mass is 16.5. The predicted molar refractivity (Wildman–Crippen MR) is 48.9 cm³/mol. The predicted octanol–water partition coefficient (Wildman–Crippen LogP) is 1.50. The summed E-state index contributed by atoms with van der Waals surface area (Å²) in [4.78, 5) is 11.4. The van der Waals surface area contributed by atoms with Crippen LogP contribution in [-0.2, 0) is 0 Å². The van der Waals surface area contributed by atoms with Gasteiger partial charge in [-0.2, -0.15) is 0 Å². The van der Waals surface area contributed by atoms with Crippen LogP contribution in [0.4, 0.5) is 0 Å². The van der Waals surface area contributed by atoms with Gasteiger partial charge >= 0.3 is 0 Å². The van der Waals surface area contributed by atoms with Crippen LogP contribution in [0.2, 0.25) is 0 Å². The number of ether oxygens (including phenoxy) is 1. The number of benzene rings is 1. The lowest BCUT2D eigenvalue weighted by Gasteiger charge is -2.03. The molecule has 3 heteroatoms. The fourth-order valence-electron chi connectivity index (χ4n) is 1.59. The van der Waals surface area contributed by atoms with Crippen LogP contribution >= 0.6 is 0 Å². The smallest absolute Gasteiger partial charge is 0.252 e. The monoisotopic (exact) mass is 177 g/mol. The van der Waals surface area contributed by atoms with Crippen molar-refractivity contribution in [3.8, 4) is 5.75 Å². The number of amides is 1. The molecular formula is C10H11NO2. The van der Waals surface area contributed by atoms with Crippen LogP contribution in [0.3, 0.4) is 0 Å². The van der Waals surface area contributed by atoms with E-state index in [9.17, 15) is 4.79 Å². The molecule has 0 saturated carbocycles. The molecule has 1 aromatic rings. The molecule has 1 aliphatic heterocycles. The van der Waals surface area contributed by atoms with Crippen molar-refractivity contribution < 1.29 is 9.53 Å². The zero-order valence-electron chi connectivity index (χ0n) is 7.63. The number of fused-ring (bicyclic) bond motifs is 1. The number of hydrogen-bond acceptors (Lipinski definition) is 2. The summed E-state index contributed by atoms with van der Waals surface area (Å²) in [6.45, 7) is 1.97. The molecule has 0 fully saturated rings. The Balaban J connectivity index is 2.52. The summed E-state index contributed by atoms with van der Waals surface area (Å²) in [6.07, 6.45) is 0. The summed E-state index contributed by atoms with van der Waals surface area (Å²) in [5, 5.41) is 2.84. The van der Waals surface area contributed by atoms with Crippen molar-refractivity contribution in [3.05, 3.63) is 29.3 Å². The van der Waals surface area contributed by atoms with Gasteiger partial charge in [0.2, 0.25) is 0 Å². The SMILES string of the molecule is COc1ccc2c(c1)C(=O)N[C@H]2C. The Labute approximate surface area is 76.7 Å². The van der Waals surface area contributed by atoms with E-state index in [-0.39, 0.29) is 11.9 Å². The maximum Gasteiger partial charge on any atom is 0.252 e. The maximum absolute atomic E-state index is 11.4. The lowest BCUT2D eigenvalue weighted by Crippen LogP contribution is -2.16. The molecule has 68 valence electrons. The highest BCUT2D eigenvalue weighted by molar-refractivity contribution is 5.99. The molecule has 2 rings (SSSR count). The summed E-state index contributed by atoms with van der Waals surface area (Å²) in [7, 11) is 1.60. The van der Waals surface area contributed by atoms with Crippen molar-refractivity contribution in [1.82, 2.24) is 5.32 Å². The van der Waals surface area contributed by atoms with Crippen molar-refractivity contribution in [2.75, 3.05) is 7.11 Å². The third-order valence-electron chi connectivity index (χ3n) is 2.32. The number of carbonyl (C=O) groups excluding carboxylic acids is 1. The van der Waals surface area contributed by atoms with Crippen molar-refractivity contribution in [2.45, 2.75) is 13.0 Å². The molecule has 0 aromatic heterocycles. The zero-order chi connectivity index (χ0) is 9.42. The normalized spacial score (nSPS) is 19.5. The van der Waals surface area contributed by atoms with E-state index < -0.39 is 0 Å². The van der Waals surface area contributed by atoms with E-state index in [0.29, 0.717) is 0 Å². The molecule has 13 heavy (non-hydrogen) atoms. The molecule has 0 radical (unpaired) electrons. The molecule has 1 aliphatic rings. The molecule has 0 saturated heterocycles. The standard InChI is InChI=1S/C10H11NO2/c1-6-8-4-3-7(13-2)5-9(8)10(12)11-6/h3-6H,1-2H3,(H,11,12)/t6-/m0/s1. The topological polar surface area (TPSA) is 38.3 Å². The van der Waals surface area contributed by atoms with Gasteiger partial charge in [0.15, 0.2) is 0 Å². The van der Waals surface area contributed by atoms with Gasteiger partial charge in [-0.25, -0.2) is 0 Å². The van der Waals surface area contributed by atoms with E-state index in [1.165, 1.54) is 0 Å². The van der Waals surface area contributed by atoms with Crippen LogP contribution in [0, 0.1) is 0 Å². The second kappa shape index (κ2) is 2.76. The number of hydrogen-bond donors (Lipinski definition) is 1. The van der Waals surface area contributed by atoms with Crippen LogP contribution in [0.5, 0.6) is 5.75 Å². The van der Waals surface area contributed by atoms with Crippen LogP contribution in [0.1, 0.15) is 28.9 Å². The van der Waals surface area contributed by atoms with Crippen molar-refractivity contribution in [1.29, 1.82) is 0 Å². The first-order valence-corrected chi connectivity index (χ1v) is 4.21. The van der Waals surface area contributed by atoms with Crippen molar-refractivity contribution in [3.63, 3.8) is 0 Å². The summed E-state index contributed by atoms with van der Waals surface area (Å²) >= 11 is 0. The van der Waals surface area contributed by atoms with Gasteiger partial charge in [0, 0.05) is 5.56 Å². The Morgan fingerprint density at radius 2 is 2.23 bits per heavy atom. The Kier molecular flexibility index (Phi) is 1.72. The van der Waals surface area contributed by atoms with E-state index in [1.807, 2.05) is 19.1 Å². The second-order valence-corrected chi connectivity index (χ2v) is 3.15. The Morgan fingerprint density at radius 3 is 2.92 bits per heavy atom. The highest BCUT2D eigenvalue weighted by Crippen LogP contribution is 2.27. The van der Waals surface area contributed by atoms with Crippen LogP contribution in [0.15, 0.2) is 18.2 Å². The quantitative estimate of drug-likeness (QED) is 0.706. The third kappa shape index (κ3) is 1.16. The lowest BCUT2D eigenvalue weighted by atomic mass is 10.1. The maximum atomic E-state index is 11.4. The fraction of sp³-hybridized carbons (Fsp3) is 0.300.